The van der Waals surface area contributed by atoms with E-state index >= 15 is 0 Å². The van der Waals surface area contributed by atoms with Crippen LogP contribution in [0.4, 0.5) is 5.69 Å². The zero-order valence-electron chi connectivity index (χ0n) is 17.2. The summed E-state index contributed by atoms with van der Waals surface area (Å²) in [5, 5.41) is 1.19. The molecule has 0 amide bonds. The van der Waals surface area contributed by atoms with Gasteiger partial charge in [0.2, 0.25) is 5.52 Å². The highest BCUT2D eigenvalue weighted by Crippen LogP contribution is 2.33. The van der Waals surface area contributed by atoms with Crippen LogP contribution in [-0.4, -0.2) is 51.6 Å². The van der Waals surface area contributed by atoms with Crippen molar-refractivity contribution in [2.45, 2.75) is 0 Å². The number of fused-ring (bicyclic) bond motifs is 2. The minimum atomic E-state index is 0.679. The Hall–Kier alpha value is -2.54. The average Bonchev–Trinajstić information content (AvgIpc) is 3.04. The molecule has 3 aromatic rings. The fourth-order valence-corrected chi connectivity index (χ4v) is 4.46. The van der Waals surface area contributed by atoms with Crippen LogP contribution in [0.3, 0.4) is 0 Å². The van der Waals surface area contributed by atoms with Crippen LogP contribution < -0.4 is 9.47 Å². The highest BCUT2D eigenvalue weighted by molar-refractivity contribution is 7.18. The number of aromatic nitrogens is 1. The standard InChI is InChI=1S/C23H27N4OS/c1-25(2)12-14-28-15-13-27-17-24-19(18-8-4-5-9-20(18)27)16-23-26(3)21-10-6-7-11-22(21)29-23/h4-11,16-17H,12-15H2,1-3H3/q+1. The number of benzene rings is 2. The number of nitrogens with zero attached hydrogens (tertiary/aromatic N) is 4. The Labute approximate surface area is 176 Å². The normalized spacial score (nSPS) is 14.9. The monoisotopic (exact) mass is 407 g/mol. The van der Waals surface area contributed by atoms with E-state index in [9.17, 15) is 0 Å². The third-order valence-electron chi connectivity index (χ3n) is 5.02. The van der Waals surface area contributed by atoms with Crippen LogP contribution in [0.1, 0.15) is 10.6 Å². The maximum absolute atomic E-state index is 5.77. The second-order valence-corrected chi connectivity index (χ2v) is 8.43. The minimum absolute atomic E-state index is 0.679. The zero-order valence-corrected chi connectivity index (χ0v) is 18.0. The summed E-state index contributed by atoms with van der Waals surface area (Å²) >= 11 is 1.79. The molecule has 0 fully saturated rings. The zero-order chi connectivity index (χ0) is 20.2. The van der Waals surface area contributed by atoms with E-state index in [1.165, 1.54) is 20.9 Å². The predicted molar refractivity (Wildman–Crippen MR) is 123 cm³/mol. The molecule has 5 nitrogen and oxygen atoms in total. The number of thiazole rings is 1. The van der Waals surface area contributed by atoms with Gasteiger partial charge in [0, 0.05) is 30.8 Å². The van der Waals surface area contributed by atoms with Gasteiger partial charge in [-0.25, -0.2) is 4.99 Å². The summed E-state index contributed by atoms with van der Waals surface area (Å²) in [5.41, 5.74) is 4.57. The van der Waals surface area contributed by atoms with Crippen molar-refractivity contribution in [3.05, 3.63) is 59.1 Å². The summed E-state index contributed by atoms with van der Waals surface area (Å²) in [7, 11) is 6.23. The molecule has 6 heteroatoms. The third-order valence-corrected chi connectivity index (χ3v) is 6.18. The summed E-state index contributed by atoms with van der Waals surface area (Å²) in [4.78, 5) is 9.08. The van der Waals surface area contributed by atoms with E-state index in [2.05, 4.69) is 90.1 Å². The van der Waals surface area contributed by atoms with Crippen molar-refractivity contribution in [1.29, 1.82) is 0 Å². The first-order valence-electron chi connectivity index (χ1n) is 9.85. The molecule has 0 atom stereocenters. The second kappa shape index (κ2) is 8.86. The van der Waals surface area contributed by atoms with E-state index in [0.717, 1.165) is 31.0 Å². The predicted octanol–water partition coefficient (Wildman–Crippen LogP) is 3.65. The molecule has 1 aliphatic rings. The second-order valence-electron chi connectivity index (χ2n) is 7.37. The molecule has 0 bridgehead atoms. The van der Waals surface area contributed by atoms with E-state index in [1.54, 1.807) is 11.3 Å². The Morgan fingerprint density at radius 2 is 1.90 bits per heavy atom. The van der Waals surface area contributed by atoms with Gasteiger partial charge in [-0.3, -0.25) is 0 Å². The first-order chi connectivity index (χ1) is 14.1. The van der Waals surface area contributed by atoms with Crippen molar-refractivity contribution in [3.8, 4) is 0 Å². The van der Waals surface area contributed by atoms with Gasteiger partial charge >= 0.3 is 0 Å². The van der Waals surface area contributed by atoms with Gasteiger partial charge in [-0.2, -0.15) is 4.57 Å². The van der Waals surface area contributed by atoms with Crippen LogP contribution in [0.2, 0.25) is 0 Å². The van der Waals surface area contributed by atoms with Crippen molar-refractivity contribution in [3.63, 3.8) is 0 Å². The largest absolute Gasteiger partial charge is 0.378 e. The molecule has 1 aliphatic heterocycles. The SMILES string of the molecule is CN(C)CCOCCN1C=N/C(=C\c2sc3ccccc3[n+]2C)c2ccccc21. The Morgan fingerprint density at radius 1 is 1.10 bits per heavy atom. The lowest BCUT2D eigenvalue weighted by Gasteiger charge is -2.26. The number of likely N-dealkylation sites (N-methyl/N-ethyl adjacent to an activating group) is 1. The van der Waals surface area contributed by atoms with Gasteiger partial charge in [0.15, 0.2) is 0 Å². The molecule has 1 aromatic heterocycles. The van der Waals surface area contributed by atoms with Gasteiger partial charge in [-0.15, -0.1) is 0 Å². The van der Waals surface area contributed by atoms with Gasteiger partial charge in [-0.1, -0.05) is 41.7 Å². The van der Waals surface area contributed by atoms with Gasteiger partial charge in [0.25, 0.3) is 5.01 Å². The summed E-state index contributed by atoms with van der Waals surface area (Å²) < 4.78 is 9.29. The smallest absolute Gasteiger partial charge is 0.264 e. The molecule has 4 rings (SSSR count). The van der Waals surface area contributed by atoms with Gasteiger partial charge in [0.1, 0.15) is 11.7 Å². The Bertz CT molecular complexity index is 1050. The molecule has 2 heterocycles. The molecule has 29 heavy (non-hydrogen) atoms. The van der Waals surface area contributed by atoms with Gasteiger partial charge in [0.05, 0.1) is 30.9 Å². The number of anilines is 1. The third kappa shape index (κ3) is 4.40. The molecular formula is C23H27N4OS+. The Balaban J connectivity index is 1.56. The molecule has 0 N–H and O–H groups in total. The fraction of sp³-hybridized carbons (Fsp3) is 0.304. The quantitative estimate of drug-likeness (QED) is 0.443. The number of aliphatic imine (C=N–C) groups is 1. The van der Waals surface area contributed by atoms with Crippen LogP contribution in [-0.2, 0) is 11.8 Å². The molecule has 0 unspecified atom stereocenters. The number of rotatable bonds is 7. The van der Waals surface area contributed by atoms with Crippen LogP contribution in [0.25, 0.3) is 22.0 Å². The molecule has 2 aromatic carbocycles. The number of hydrogen-bond donors (Lipinski definition) is 0. The maximum Gasteiger partial charge on any atom is 0.264 e. The van der Waals surface area contributed by atoms with Crippen LogP contribution in [0.5, 0.6) is 0 Å². The van der Waals surface area contributed by atoms with E-state index in [0.29, 0.717) is 6.61 Å². The first kappa shape index (κ1) is 19.8. The molecule has 0 saturated carbocycles. The van der Waals surface area contributed by atoms with Crippen molar-refractivity contribution in [1.82, 2.24) is 4.90 Å². The van der Waals surface area contributed by atoms with Crippen LogP contribution in [0, 0.1) is 0 Å². The number of ether oxygens (including phenoxy) is 1. The number of aryl methyl sites for hydroxylation is 1. The summed E-state index contributed by atoms with van der Waals surface area (Å²) in [6, 6.07) is 16.9. The van der Waals surface area contributed by atoms with E-state index in [1.807, 2.05) is 6.34 Å². The topological polar surface area (TPSA) is 31.9 Å². The van der Waals surface area contributed by atoms with Crippen molar-refractivity contribution >= 4 is 45.4 Å². The van der Waals surface area contributed by atoms with Gasteiger partial charge < -0.3 is 14.5 Å². The van der Waals surface area contributed by atoms with E-state index < -0.39 is 0 Å². The lowest BCUT2D eigenvalue weighted by Crippen LogP contribution is -2.30. The van der Waals surface area contributed by atoms with Crippen LogP contribution >= 0.6 is 11.3 Å². The molecule has 0 aliphatic carbocycles. The van der Waals surface area contributed by atoms with Crippen LogP contribution in [0.15, 0.2) is 53.5 Å². The summed E-state index contributed by atoms with van der Waals surface area (Å²) in [6.45, 7) is 3.15. The minimum Gasteiger partial charge on any atom is -0.378 e. The summed E-state index contributed by atoms with van der Waals surface area (Å²) in [5.74, 6) is 0. The fourth-order valence-electron chi connectivity index (χ4n) is 3.37. The lowest BCUT2D eigenvalue weighted by molar-refractivity contribution is -0.642. The van der Waals surface area contributed by atoms with Crippen molar-refractivity contribution < 1.29 is 9.30 Å². The Morgan fingerprint density at radius 3 is 2.72 bits per heavy atom. The first-order valence-corrected chi connectivity index (χ1v) is 10.7. The maximum atomic E-state index is 5.77. The highest BCUT2D eigenvalue weighted by Gasteiger charge is 2.20. The molecular weight excluding hydrogens is 380 g/mol. The number of hydrogen-bond acceptors (Lipinski definition) is 5. The Kier molecular flexibility index (Phi) is 6.04. The van der Waals surface area contributed by atoms with E-state index in [4.69, 9.17) is 9.73 Å². The van der Waals surface area contributed by atoms with Gasteiger partial charge in [-0.05, 0) is 26.2 Å². The van der Waals surface area contributed by atoms with E-state index in [-0.39, 0.29) is 0 Å². The van der Waals surface area contributed by atoms with Crippen molar-refractivity contribution in [2.24, 2.45) is 12.0 Å². The number of para-hydroxylation sites is 2. The van der Waals surface area contributed by atoms with Crippen molar-refractivity contribution in [2.75, 3.05) is 45.3 Å². The molecule has 0 spiro atoms. The molecule has 0 saturated heterocycles. The molecule has 0 radical (unpaired) electrons. The average molecular weight is 408 g/mol. The lowest BCUT2D eigenvalue weighted by atomic mass is 10.1. The molecule has 150 valence electrons. The highest BCUT2D eigenvalue weighted by atomic mass is 32.1. The summed E-state index contributed by atoms with van der Waals surface area (Å²) in [6.07, 6.45) is 4.11.